The number of benzene rings is 1. The maximum absolute atomic E-state index is 12.4. The standard InChI is InChI=1S/C17H25N3O4/c1-4-10-22-17(18-8-5-9-20(2)3)19-16(21)13-6-7-14-15(11-13)24-12-23-14/h6-7,11H,4-5,8-10,12H2,1-3H3,(H,18,19,21)/p+1. The third-order valence-electron chi connectivity index (χ3n) is 3.39. The number of ether oxygens (including phenoxy) is 3. The molecule has 0 aliphatic carbocycles. The van der Waals surface area contributed by atoms with E-state index in [-0.39, 0.29) is 18.7 Å². The second-order valence-electron chi connectivity index (χ2n) is 5.87. The Kier molecular flexibility index (Phi) is 6.87. The zero-order valence-corrected chi connectivity index (χ0v) is 14.6. The lowest BCUT2D eigenvalue weighted by atomic mass is 10.2. The van der Waals surface area contributed by atoms with Gasteiger partial charge in [0.05, 0.1) is 27.2 Å². The van der Waals surface area contributed by atoms with E-state index in [0.717, 1.165) is 19.4 Å². The first-order chi connectivity index (χ1) is 11.6. The summed E-state index contributed by atoms with van der Waals surface area (Å²) in [5, 5.41) is 2.73. The molecule has 0 radical (unpaired) electrons. The van der Waals surface area contributed by atoms with Gasteiger partial charge in [0.1, 0.15) is 0 Å². The van der Waals surface area contributed by atoms with Crippen LogP contribution in [0.25, 0.3) is 0 Å². The van der Waals surface area contributed by atoms with Crippen molar-refractivity contribution in [1.29, 1.82) is 0 Å². The zero-order valence-electron chi connectivity index (χ0n) is 14.6. The maximum Gasteiger partial charge on any atom is 0.291 e. The number of aliphatic imine (C=N–C) groups is 1. The smallest absolute Gasteiger partial charge is 0.291 e. The molecule has 1 aromatic carbocycles. The van der Waals surface area contributed by atoms with Crippen LogP contribution in [0.2, 0.25) is 0 Å². The van der Waals surface area contributed by atoms with Crippen molar-refractivity contribution in [2.24, 2.45) is 4.99 Å². The molecule has 24 heavy (non-hydrogen) atoms. The summed E-state index contributed by atoms with van der Waals surface area (Å²) in [7, 11) is 4.19. The van der Waals surface area contributed by atoms with E-state index in [9.17, 15) is 4.79 Å². The van der Waals surface area contributed by atoms with Gasteiger partial charge in [-0.2, -0.15) is 0 Å². The van der Waals surface area contributed by atoms with E-state index in [1.807, 2.05) is 6.92 Å². The molecule has 7 heteroatoms. The number of amides is 1. The predicted octanol–water partition coefficient (Wildman–Crippen LogP) is 0.462. The van der Waals surface area contributed by atoms with Crippen LogP contribution in [0.5, 0.6) is 11.5 Å². The maximum atomic E-state index is 12.4. The lowest BCUT2D eigenvalue weighted by Crippen LogP contribution is -3.05. The first-order valence-corrected chi connectivity index (χ1v) is 8.27. The molecule has 0 unspecified atom stereocenters. The molecule has 132 valence electrons. The summed E-state index contributed by atoms with van der Waals surface area (Å²) >= 11 is 0. The molecule has 0 bridgehead atoms. The molecule has 2 N–H and O–H groups in total. The minimum atomic E-state index is -0.276. The van der Waals surface area contributed by atoms with Crippen molar-refractivity contribution in [3.63, 3.8) is 0 Å². The molecule has 1 aliphatic rings. The zero-order chi connectivity index (χ0) is 17.4. The summed E-state index contributed by atoms with van der Waals surface area (Å²) in [6.45, 7) is 4.33. The van der Waals surface area contributed by atoms with Gasteiger partial charge in [0.2, 0.25) is 6.79 Å². The number of quaternary nitrogens is 1. The van der Waals surface area contributed by atoms with Crippen LogP contribution in [-0.2, 0) is 4.74 Å². The number of fused-ring (bicyclic) bond motifs is 1. The Bertz CT molecular complexity index is 587. The van der Waals surface area contributed by atoms with E-state index in [2.05, 4.69) is 24.4 Å². The van der Waals surface area contributed by atoms with Crippen molar-refractivity contribution in [2.45, 2.75) is 19.8 Å². The van der Waals surface area contributed by atoms with E-state index in [4.69, 9.17) is 14.2 Å². The van der Waals surface area contributed by atoms with Gasteiger partial charge < -0.3 is 19.1 Å². The Morgan fingerprint density at radius 1 is 1.33 bits per heavy atom. The minimum absolute atomic E-state index is 0.181. The second-order valence-corrected chi connectivity index (χ2v) is 5.87. The summed E-state index contributed by atoms with van der Waals surface area (Å²) in [4.78, 5) is 18.1. The highest BCUT2D eigenvalue weighted by atomic mass is 16.7. The highest BCUT2D eigenvalue weighted by molar-refractivity contribution is 6.04. The van der Waals surface area contributed by atoms with Crippen LogP contribution >= 0.6 is 0 Å². The van der Waals surface area contributed by atoms with Gasteiger partial charge in [-0.05, 0) is 24.6 Å². The first-order valence-electron chi connectivity index (χ1n) is 8.27. The van der Waals surface area contributed by atoms with Crippen molar-refractivity contribution >= 4 is 11.9 Å². The predicted molar refractivity (Wildman–Crippen MR) is 90.9 cm³/mol. The molecule has 2 rings (SSSR count). The van der Waals surface area contributed by atoms with Crippen LogP contribution in [0, 0.1) is 0 Å². The number of carbonyl (C=O) groups excluding carboxylic acids is 1. The summed E-state index contributed by atoms with van der Waals surface area (Å²) in [6.07, 6.45) is 1.78. The largest absolute Gasteiger partial charge is 0.465 e. The average molecular weight is 336 g/mol. The fourth-order valence-corrected chi connectivity index (χ4v) is 2.14. The molecular formula is C17H26N3O4+. The molecule has 0 fully saturated rings. The quantitative estimate of drug-likeness (QED) is 0.431. The highest BCUT2D eigenvalue weighted by Crippen LogP contribution is 2.32. The monoisotopic (exact) mass is 336 g/mol. The summed E-state index contributed by atoms with van der Waals surface area (Å²) < 4.78 is 16.1. The molecule has 1 amide bonds. The van der Waals surface area contributed by atoms with Crippen LogP contribution in [0.1, 0.15) is 30.1 Å². The molecule has 1 aromatic rings. The Hall–Kier alpha value is -2.28. The molecule has 0 saturated heterocycles. The number of nitrogens with zero attached hydrogens (tertiary/aromatic N) is 1. The summed E-state index contributed by atoms with van der Waals surface area (Å²) in [5.74, 6) is 0.944. The molecule has 0 saturated carbocycles. The Morgan fingerprint density at radius 2 is 2.12 bits per heavy atom. The number of hydrogen-bond acceptors (Lipinski definition) is 5. The van der Waals surface area contributed by atoms with E-state index in [1.165, 1.54) is 4.90 Å². The number of hydrogen-bond donors (Lipinski definition) is 2. The fraction of sp³-hybridized carbons (Fsp3) is 0.529. The molecular weight excluding hydrogens is 310 g/mol. The van der Waals surface area contributed by atoms with E-state index in [0.29, 0.717) is 30.2 Å². The number of rotatable bonds is 7. The third-order valence-corrected chi connectivity index (χ3v) is 3.39. The highest BCUT2D eigenvalue weighted by Gasteiger charge is 2.17. The van der Waals surface area contributed by atoms with Gasteiger partial charge in [0, 0.05) is 18.5 Å². The summed E-state index contributed by atoms with van der Waals surface area (Å²) in [6, 6.07) is 5.34. The van der Waals surface area contributed by atoms with Gasteiger partial charge in [-0.1, -0.05) is 6.92 Å². The topological polar surface area (TPSA) is 73.6 Å². The van der Waals surface area contributed by atoms with Crippen molar-refractivity contribution in [2.75, 3.05) is 40.6 Å². The van der Waals surface area contributed by atoms with Crippen molar-refractivity contribution in [3.05, 3.63) is 23.8 Å². The summed E-state index contributed by atoms with van der Waals surface area (Å²) in [5.41, 5.74) is 0.477. The van der Waals surface area contributed by atoms with Gasteiger partial charge in [0.15, 0.2) is 11.5 Å². The Labute approximate surface area is 142 Å². The molecule has 0 aromatic heterocycles. The lowest BCUT2D eigenvalue weighted by Gasteiger charge is -2.11. The van der Waals surface area contributed by atoms with Gasteiger partial charge in [-0.3, -0.25) is 10.1 Å². The lowest BCUT2D eigenvalue weighted by molar-refractivity contribution is -0.858. The van der Waals surface area contributed by atoms with E-state index < -0.39 is 0 Å². The second kappa shape index (κ2) is 9.12. The van der Waals surface area contributed by atoms with Crippen molar-refractivity contribution in [1.82, 2.24) is 5.32 Å². The number of nitrogens with one attached hydrogen (secondary N) is 2. The van der Waals surface area contributed by atoms with Gasteiger partial charge in [-0.25, -0.2) is 4.99 Å². The average Bonchev–Trinajstić information content (AvgIpc) is 3.03. The number of carbonyl (C=O) groups is 1. The first kappa shape index (κ1) is 18.1. The molecule has 0 atom stereocenters. The van der Waals surface area contributed by atoms with Crippen LogP contribution in [0.4, 0.5) is 0 Å². The van der Waals surface area contributed by atoms with E-state index >= 15 is 0 Å². The molecule has 1 heterocycles. The van der Waals surface area contributed by atoms with Gasteiger partial charge >= 0.3 is 0 Å². The van der Waals surface area contributed by atoms with Crippen LogP contribution < -0.4 is 19.7 Å². The SMILES string of the molecule is CCCOC(=NCCC[NH+](C)C)NC(=O)c1ccc2c(c1)OCO2. The normalized spacial score (nSPS) is 13.2. The number of amidine groups is 1. The van der Waals surface area contributed by atoms with Crippen LogP contribution in [-0.4, -0.2) is 52.5 Å². The molecule has 7 nitrogen and oxygen atoms in total. The van der Waals surface area contributed by atoms with Crippen LogP contribution in [0.15, 0.2) is 23.2 Å². The molecule has 1 aliphatic heterocycles. The third kappa shape index (κ3) is 5.42. The van der Waals surface area contributed by atoms with Gasteiger partial charge in [-0.15, -0.1) is 0 Å². The Balaban J connectivity index is 1.96. The fourth-order valence-electron chi connectivity index (χ4n) is 2.14. The molecule has 0 spiro atoms. The Morgan fingerprint density at radius 3 is 2.88 bits per heavy atom. The van der Waals surface area contributed by atoms with E-state index in [1.54, 1.807) is 18.2 Å². The van der Waals surface area contributed by atoms with Crippen molar-refractivity contribution < 1.29 is 23.9 Å². The van der Waals surface area contributed by atoms with Gasteiger partial charge in [0.25, 0.3) is 11.9 Å². The van der Waals surface area contributed by atoms with Crippen LogP contribution in [0.3, 0.4) is 0 Å². The van der Waals surface area contributed by atoms with Crippen molar-refractivity contribution in [3.8, 4) is 11.5 Å². The minimum Gasteiger partial charge on any atom is -0.465 e.